The third-order valence-electron chi connectivity index (χ3n) is 3.23. The first kappa shape index (κ1) is 15.9. The number of hydrogen-bond acceptors (Lipinski definition) is 3. The lowest BCUT2D eigenvalue weighted by Crippen LogP contribution is -2.04. The molecule has 0 spiro atoms. The maximum atomic E-state index is 12.9. The van der Waals surface area contributed by atoms with Crippen molar-refractivity contribution in [3.8, 4) is 0 Å². The summed E-state index contributed by atoms with van der Waals surface area (Å²) in [4.78, 5) is 0. The van der Waals surface area contributed by atoms with Crippen molar-refractivity contribution < 1.29 is 9.13 Å². The van der Waals surface area contributed by atoms with Crippen LogP contribution in [0.2, 0.25) is 0 Å². The normalized spacial score (nSPS) is 10.1. The van der Waals surface area contributed by atoms with Crippen LogP contribution in [0, 0.1) is 12.7 Å². The highest BCUT2D eigenvalue weighted by atomic mass is 19.1. The number of benzene rings is 2. The molecule has 2 N–H and O–H groups in total. The van der Waals surface area contributed by atoms with Gasteiger partial charge in [0.1, 0.15) is 5.82 Å². The van der Waals surface area contributed by atoms with Gasteiger partial charge in [0.25, 0.3) is 0 Å². The number of ether oxygens (including phenoxy) is 1. The fraction of sp³-hybridized carbons (Fsp3) is 0.222. The van der Waals surface area contributed by atoms with E-state index in [9.17, 15) is 4.39 Å². The molecule has 0 amide bonds. The van der Waals surface area contributed by atoms with Crippen LogP contribution in [0.25, 0.3) is 0 Å². The first-order valence-electron chi connectivity index (χ1n) is 7.26. The van der Waals surface area contributed by atoms with E-state index in [0.29, 0.717) is 19.0 Å². The predicted octanol–water partition coefficient (Wildman–Crippen LogP) is 4.67. The van der Waals surface area contributed by atoms with E-state index in [1.807, 2.05) is 32.0 Å². The maximum absolute atomic E-state index is 12.9. The summed E-state index contributed by atoms with van der Waals surface area (Å²) in [5.41, 5.74) is 4.09. The Morgan fingerprint density at radius 1 is 1.18 bits per heavy atom. The second kappa shape index (κ2) is 7.50. The van der Waals surface area contributed by atoms with Crippen LogP contribution in [0.15, 0.2) is 54.9 Å². The fourth-order valence-electron chi connectivity index (χ4n) is 2.08. The van der Waals surface area contributed by atoms with Crippen LogP contribution in [0.4, 0.5) is 15.8 Å². The lowest BCUT2D eigenvalue weighted by molar-refractivity contribution is 0.236. The van der Waals surface area contributed by atoms with Gasteiger partial charge in [-0.25, -0.2) is 4.39 Å². The number of halogens is 1. The lowest BCUT2D eigenvalue weighted by atomic mass is 10.1. The first-order chi connectivity index (χ1) is 10.6. The highest BCUT2D eigenvalue weighted by Crippen LogP contribution is 2.21. The number of nitrogens with one attached hydrogen (secondary N) is 2. The molecule has 0 aliphatic carbocycles. The van der Waals surface area contributed by atoms with Crippen LogP contribution in [0.1, 0.15) is 18.1 Å². The number of aryl methyl sites for hydroxylation is 1. The van der Waals surface area contributed by atoms with Gasteiger partial charge < -0.3 is 15.4 Å². The predicted molar refractivity (Wildman–Crippen MR) is 89.3 cm³/mol. The van der Waals surface area contributed by atoms with E-state index in [4.69, 9.17) is 4.74 Å². The summed E-state index contributed by atoms with van der Waals surface area (Å²) in [5.74, 6) is 0.321. The van der Waals surface area contributed by atoms with Gasteiger partial charge in [0.15, 0.2) is 5.88 Å². The van der Waals surface area contributed by atoms with Crippen molar-refractivity contribution in [2.45, 2.75) is 20.4 Å². The molecule has 0 atom stereocenters. The number of anilines is 2. The van der Waals surface area contributed by atoms with Crippen LogP contribution < -0.4 is 10.6 Å². The van der Waals surface area contributed by atoms with Gasteiger partial charge in [0.05, 0.1) is 6.61 Å². The van der Waals surface area contributed by atoms with Crippen molar-refractivity contribution in [1.82, 2.24) is 0 Å². The highest BCUT2D eigenvalue weighted by Gasteiger charge is 2.02. The molecule has 0 fully saturated rings. The maximum Gasteiger partial charge on any atom is 0.183 e. The molecule has 0 aliphatic heterocycles. The largest absolute Gasteiger partial charge is 0.480 e. The van der Waals surface area contributed by atoms with E-state index in [-0.39, 0.29) is 5.82 Å². The summed E-state index contributed by atoms with van der Waals surface area (Å²) in [6.07, 6.45) is 0. The van der Waals surface area contributed by atoms with Crippen molar-refractivity contribution in [2.24, 2.45) is 0 Å². The van der Waals surface area contributed by atoms with Crippen LogP contribution in [0.5, 0.6) is 0 Å². The van der Waals surface area contributed by atoms with E-state index in [2.05, 4.69) is 17.2 Å². The Labute approximate surface area is 130 Å². The van der Waals surface area contributed by atoms with Crippen molar-refractivity contribution in [1.29, 1.82) is 0 Å². The molecule has 3 nitrogen and oxygen atoms in total. The van der Waals surface area contributed by atoms with Crippen molar-refractivity contribution in [3.05, 3.63) is 71.9 Å². The first-order valence-corrected chi connectivity index (χ1v) is 7.26. The van der Waals surface area contributed by atoms with Crippen LogP contribution in [-0.4, -0.2) is 6.61 Å². The smallest absolute Gasteiger partial charge is 0.183 e. The summed E-state index contributed by atoms with van der Waals surface area (Å²) in [5, 5.41) is 6.46. The van der Waals surface area contributed by atoms with E-state index in [0.717, 1.165) is 22.5 Å². The zero-order valence-electron chi connectivity index (χ0n) is 12.9. The second-order valence-corrected chi connectivity index (χ2v) is 4.99. The Balaban J connectivity index is 1.97. The van der Waals surface area contributed by atoms with Crippen LogP contribution in [-0.2, 0) is 11.3 Å². The highest BCUT2D eigenvalue weighted by molar-refractivity contribution is 5.60. The Morgan fingerprint density at radius 2 is 1.91 bits per heavy atom. The van der Waals surface area contributed by atoms with E-state index >= 15 is 0 Å². The topological polar surface area (TPSA) is 33.3 Å². The molecule has 2 aromatic carbocycles. The van der Waals surface area contributed by atoms with Gasteiger partial charge in [-0.3, -0.25) is 0 Å². The van der Waals surface area contributed by atoms with Gasteiger partial charge in [-0.05, 0) is 61.9 Å². The van der Waals surface area contributed by atoms with Crippen molar-refractivity contribution in [3.63, 3.8) is 0 Å². The van der Waals surface area contributed by atoms with Gasteiger partial charge in [0, 0.05) is 17.9 Å². The number of rotatable bonds is 7. The molecule has 0 radical (unpaired) electrons. The Hall–Kier alpha value is -2.49. The van der Waals surface area contributed by atoms with Crippen molar-refractivity contribution in [2.75, 3.05) is 17.2 Å². The minimum atomic E-state index is -0.218. The standard InChI is InChI=1S/C18H21FN2O/c1-4-22-14(3)21-18-10-9-17(11-13(18)2)20-12-15-5-7-16(19)8-6-15/h5-11,20-21H,3-4,12H2,1-2H3. The van der Waals surface area contributed by atoms with Crippen molar-refractivity contribution >= 4 is 11.4 Å². The number of hydrogen-bond donors (Lipinski definition) is 2. The lowest BCUT2D eigenvalue weighted by Gasteiger charge is -2.14. The third-order valence-corrected chi connectivity index (χ3v) is 3.23. The fourth-order valence-corrected chi connectivity index (χ4v) is 2.08. The average molecular weight is 300 g/mol. The SMILES string of the molecule is C=C(Nc1ccc(NCc2ccc(F)cc2)cc1C)OCC. The molecule has 116 valence electrons. The van der Waals surface area contributed by atoms with Gasteiger partial charge in [-0.2, -0.15) is 0 Å². The molecule has 4 heteroatoms. The molecule has 0 bridgehead atoms. The Kier molecular flexibility index (Phi) is 5.42. The minimum Gasteiger partial charge on any atom is -0.480 e. The quantitative estimate of drug-likeness (QED) is 0.729. The minimum absolute atomic E-state index is 0.218. The molecular formula is C18H21FN2O. The molecule has 0 aliphatic rings. The zero-order chi connectivity index (χ0) is 15.9. The summed E-state index contributed by atoms with van der Waals surface area (Å²) in [7, 11) is 0. The average Bonchev–Trinajstić information content (AvgIpc) is 2.49. The van der Waals surface area contributed by atoms with Gasteiger partial charge >= 0.3 is 0 Å². The van der Waals surface area contributed by atoms with Crippen LogP contribution >= 0.6 is 0 Å². The van der Waals surface area contributed by atoms with Crippen LogP contribution in [0.3, 0.4) is 0 Å². The third kappa shape index (κ3) is 4.52. The summed E-state index contributed by atoms with van der Waals surface area (Å²) < 4.78 is 18.2. The monoisotopic (exact) mass is 300 g/mol. The van der Waals surface area contributed by atoms with E-state index in [1.165, 1.54) is 12.1 Å². The van der Waals surface area contributed by atoms with Gasteiger partial charge in [-0.1, -0.05) is 12.1 Å². The summed E-state index contributed by atoms with van der Waals surface area (Å²) in [6.45, 7) is 8.98. The molecular weight excluding hydrogens is 279 g/mol. The molecule has 0 saturated carbocycles. The molecule has 0 aromatic heterocycles. The molecule has 2 rings (SSSR count). The van der Waals surface area contributed by atoms with E-state index < -0.39 is 0 Å². The summed E-state index contributed by atoms with van der Waals surface area (Å²) in [6, 6.07) is 12.5. The molecule has 0 heterocycles. The Bertz CT molecular complexity index is 638. The molecule has 0 saturated heterocycles. The van der Waals surface area contributed by atoms with Gasteiger partial charge in [0.2, 0.25) is 0 Å². The molecule has 2 aromatic rings. The molecule has 0 unspecified atom stereocenters. The second-order valence-electron chi connectivity index (χ2n) is 4.99. The molecule has 22 heavy (non-hydrogen) atoms. The Morgan fingerprint density at radius 3 is 2.55 bits per heavy atom. The van der Waals surface area contributed by atoms with Gasteiger partial charge in [-0.15, -0.1) is 0 Å². The summed E-state index contributed by atoms with van der Waals surface area (Å²) >= 11 is 0. The van der Waals surface area contributed by atoms with E-state index in [1.54, 1.807) is 12.1 Å². The zero-order valence-corrected chi connectivity index (χ0v) is 12.9.